The van der Waals surface area contributed by atoms with E-state index in [0.29, 0.717) is 18.4 Å². The summed E-state index contributed by atoms with van der Waals surface area (Å²) < 4.78 is 5.52. The molecule has 0 bridgehead atoms. The molecule has 0 aliphatic heterocycles. The molecule has 1 aromatic carbocycles. The van der Waals surface area contributed by atoms with Crippen molar-refractivity contribution in [3.05, 3.63) is 41.0 Å². The summed E-state index contributed by atoms with van der Waals surface area (Å²) in [5.74, 6) is -0.512. The van der Waals surface area contributed by atoms with Crippen LogP contribution in [0.2, 0.25) is 0 Å². The molecular weight excluding hydrogens is 272 g/mol. The van der Waals surface area contributed by atoms with Gasteiger partial charge in [-0.1, -0.05) is 5.57 Å². The van der Waals surface area contributed by atoms with Gasteiger partial charge in [-0.25, -0.2) is 4.79 Å². The normalized spacial score (nSPS) is 21.7. The zero-order valence-electron chi connectivity index (χ0n) is 12.0. The number of aliphatic hydroxyl groups is 2. The Balaban J connectivity index is 2.08. The minimum Gasteiger partial charge on any atom is -0.508 e. The maximum Gasteiger partial charge on any atom is 0.338 e. The van der Waals surface area contributed by atoms with Gasteiger partial charge >= 0.3 is 5.97 Å². The van der Waals surface area contributed by atoms with Crippen LogP contribution >= 0.6 is 0 Å². The van der Waals surface area contributed by atoms with Crippen molar-refractivity contribution >= 4 is 5.97 Å². The molecule has 0 spiro atoms. The molecule has 1 aliphatic rings. The van der Waals surface area contributed by atoms with Crippen LogP contribution in [0.25, 0.3) is 0 Å². The number of ether oxygens (including phenoxy) is 1. The molecule has 0 amide bonds. The Kier molecular flexibility index (Phi) is 4.98. The first-order valence-electron chi connectivity index (χ1n) is 6.97. The summed E-state index contributed by atoms with van der Waals surface area (Å²) in [5, 5.41) is 27.8. The van der Waals surface area contributed by atoms with Gasteiger partial charge in [0.25, 0.3) is 0 Å². The van der Waals surface area contributed by atoms with Crippen LogP contribution in [0.1, 0.15) is 30.1 Å². The fourth-order valence-electron chi connectivity index (χ4n) is 2.79. The Morgan fingerprint density at radius 1 is 1.29 bits per heavy atom. The lowest BCUT2D eigenvalue weighted by atomic mass is 9.96. The Labute approximate surface area is 123 Å². The van der Waals surface area contributed by atoms with Crippen LogP contribution in [0.5, 0.6) is 5.75 Å². The number of benzene rings is 1. The average molecular weight is 292 g/mol. The molecule has 3 N–H and O–H groups in total. The largest absolute Gasteiger partial charge is 0.508 e. The minimum atomic E-state index is -0.463. The maximum atomic E-state index is 12.1. The van der Waals surface area contributed by atoms with Gasteiger partial charge in [0.1, 0.15) is 11.9 Å². The quantitative estimate of drug-likeness (QED) is 0.567. The van der Waals surface area contributed by atoms with Gasteiger partial charge in [-0.15, -0.1) is 0 Å². The van der Waals surface area contributed by atoms with Gasteiger partial charge in [0, 0.05) is 18.9 Å². The number of aliphatic hydroxyl groups excluding tert-OH is 2. The second-order valence-corrected chi connectivity index (χ2v) is 5.28. The molecule has 0 radical (unpaired) electrons. The lowest BCUT2D eigenvalue weighted by Crippen LogP contribution is -2.26. The van der Waals surface area contributed by atoms with Crippen LogP contribution in [-0.2, 0) is 4.74 Å². The molecule has 1 aromatic rings. The predicted octanol–water partition coefficient (Wildman–Crippen LogP) is 1.63. The molecule has 0 saturated heterocycles. The molecule has 0 aromatic heterocycles. The standard InChI is InChI=1S/C16H20O5/c1-10-8-15(13(6-7-17)14(10)9-18)21-16(20)11-2-4-12(19)5-3-11/h2-5,13,15,17-19H,6-9H2,1H3. The van der Waals surface area contributed by atoms with Crippen LogP contribution in [0, 0.1) is 5.92 Å². The lowest BCUT2D eigenvalue weighted by Gasteiger charge is -2.22. The summed E-state index contributed by atoms with van der Waals surface area (Å²) >= 11 is 0. The second-order valence-electron chi connectivity index (χ2n) is 5.28. The van der Waals surface area contributed by atoms with E-state index in [1.165, 1.54) is 24.3 Å². The van der Waals surface area contributed by atoms with E-state index in [9.17, 15) is 15.0 Å². The summed E-state index contributed by atoms with van der Waals surface area (Å²) in [5.41, 5.74) is 2.23. The first kappa shape index (κ1) is 15.5. The van der Waals surface area contributed by atoms with Gasteiger partial charge < -0.3 is 20.1 Å². The number of hydrogen-bond donors (Lipinski definition) is 3. The Morgan fingerprint density at radius 3 is 2.52 bits per heavy atom. The fourth-order valence-corrected chi connectivity index (χ4v) is 2.79. The SMILES string of the molecule is CC1=C(CO)C(CCO)C(OC(=O)c2ccc(O)cc2)C1. The van der Waals surface area contributed by atoms with E-state index in [0.717, 1.165) is 11.1 Å². The van der Waals surface area contributed by atoms with Crippen molar-refractivity contribution in [3.63, 3.8) is 0 Å². The molecule has 2 atom stereocenters. The van der Waals surface area contributed by atoms with Crippen molar-refractivity contribution in [2.24, 2.45) is 5.92 Å². The molecule has 0 saturated carbocycles. The number of phenolic OH excluding ortho intramolecular Hbond substituents is 1. The van der Waals surface area contributed by atoms with Crippen LogP contribution in [0.4, 0.5) is 0 Å². The van der Waals surface area contributed by atoms with Crippen molar-refractivity contribution in [1.82, 2.24) is 0 Å². The van der Waals surface area contributed by atoms with Crippen molar-refractivity contribution in [3.8, 4) is 5.75 Å². The molecule has 21 heavy (non-hydrogen) atoms. The number of rotatable bonds is 5. The number of hydrogen-bond acceptors (Lipinski definition) is 5. The monoisotopic (exact) mass is 292 g/mol. The van der Waals surface area contributed by atoms with Gasteiger partial charge in [0.15, 0.2) is 0 Å². The summed E-state index contributed by atoms with van der Waals surface area (Å²) in [6.45, 7) is 1.81. The molecule has 2 rings (SSSR count). The average Bonchev–Trinajstić information content (AvgIpc) is 2.75. The van der Waals surface area contributed by atoms with Crippen molar-refractivity contribution in [1.29, 1.82) is 0 Å². The number of carbonyl (C=O) groups is 1. The van der Waals surface area contributed by atoms with E-state index < -0.39 is 5.97 Å². The minimum absolute atomic E-state index is 0.0191. The Morgan fingerprint density at radius 2 is 1.95 bits per heavy atom. The number of aromatic hydroxyl groups is 1. The number of carbonyl (C=O) groups excluding carboxylic acids is 1. The van der Waals surface area contributed by atoms with Crippen molar-refractivity contribution in [2.45, 2.75) is 25.9 Å². The topological polar surface area (TPSA) is 87.0 Å². The lowest BCUT2D eigenvalue weighted by molar-refractivity contribution is 0.0185. The fraction of sp³-hybridized carbons (Fsp3) is 0.438. The van der Waals surface area contributed by atoms with Gasteiger partial charge in [-0.05, 0) is 43.2 Å². The molecule has 2 unspecified atom stereocenters. The first-order valence-corrected chi connectivity index (χ1v) is 6.97. The van der Waals surface area contributed by atoms with E-state index in [1.807, 2.05) is 6.92 Å². The van der Waals surface area contributed by atoms with Crippen LogP contribution in [0.3, 0.4) is 0 Å². The van der Waals surface area contributed by atoms with Gasteiger partial charge in [0.2, 0.25) is 0 Å². The molecule has 1 aliphatic carbocycles. The summed E-state index contributed by atoms with van der Waals surface area (Å²) in [7, 11) is 0. The van der Waals surface area contributed by atoms with Crippen LogP contribution in [-0.4, -0.2) is 40.6 Å². The van der Waals surface area contributed by atoms with Gasteiger partial charge in [-0.2, -0.15) is 0 Å². The van der Waals surface area contributed by atoms with E-state index >= 15 is 0 Å². The number of esters is 1. The van der Waals surface area contributed by atoms with Crippen LogP contribution < -0.4 is 0 Å². The maximum absolute atomic E-state index is 12.1. The van der Waals surface area contributed by atoms with Crippen molar-refractivity contribution < 1.29 is 24.9 Å². The summed E-state index contributed by atoms with van der Waals surface area (Å²) in [4.78, 5) is 12.1. The van der Waals surface area contributed by atoms with E-state index in [2.05, 4.69) is 0 Å². The highest BCUT2D eigenvalue weighted by molar-refractivity contribution is 5.89. The summed E-state index contributed by atoms with van der Waals surface area (Å²) in [6.07, 6.45) is 0.672. The third kappa shape index (κ3) is 3.43. The zero-order valence-corrected chi connectivity index (χ0v) is 12.0. The highest BCUT2D eigenvalue weighted by Crippen LogP contribution is 2.36. The smallest absolute Gasteiger partial charge is 0.338 e. The second kappa shape index (κ2) is 6.74. The third-order valence-corrected chi connectivity index (χ3v) is 3.92. The molecular formula is C16H20O5. The molecule has 5 nitrogen and oxygen atoms in total. The molecule has 114 valence electrons. The van der Waals surface area contributed by atoms with Gasteiger partial charge in [-0.3, -0.25) is 0 Å². The van der Waals surface area contributed by atoms with Gasteiger partial charge in [0.05, 0.1) is 12.2 Å². The molecule has 0 fully saturated rings. The highest BCUT2D eigenvalue weighted by Gasteiger charge is 2.35. The zero-order chi connectivity index (χ0) is 15.4. The number of phenols is 1. The highest BCUT2D eigenvalue weighted by atomic mass is 16.5. The first-order chi connectivity index (χ1) is 10.1. The van der Waals surface area contributed by atoms with E-state index in [1.54, 1.807) is 0 Å². The molecule has 5 heteroatoms. The Hall–Kier alpha value is -1.85. The van der Waals surface area contributed by atoms with E-state index in [4.69, 9.17) is 9.84 Å². The third-order valence-electron chi connectivity index (χ3n) is 3.92. The molecule has 0 heterocycles. The summed E-state index contributed by atoms with van der Waals surface area (Å²) in [6, 6.07) is 5.86. The predicted molar refractivity (Wildman–Crippen MR) is 76.9 cm³/mol. The Bertz CT molecular complexity index is 532. The van der Waals surface area contributed by atoms with Crippen molar-refractivity contribution in [2.75, 3.05) is 13.2 Å². The van der Waals surface area contributed by atoms with E-state index in [-0.39, 0.29) is 31.0 Å². The van der Waals surface area contributed by atoms with Crippen LogP contribution in [0.15, 0.2) is 35.4 Å².